The molecule has 2 heterocycles. The summed E-state index contributed by atoms with van der Waals surface area (Å²) in [6.45, 7) is 2.09. The second-order valence-electron chi connectivity index (χ2n) is 4.46. The summed E-state index contributed by atoms with van der Waals surface area (Å²) in [6.07, 6.45) is -0.243. The highest BCUT2D eigenvalue weighted by Gasteiger charge is 2.50. The molecule has 0 aromatic rings. The molecule has 0 radical (unpaired) electrons. The van der Waals surface area contributed by atoms with Gasteiger partial charge in [-0.1, -0.05) is 0 Å². The second kappa shape index (κ2) is 4.35. The first kappa shape index (κ1) is 11.9. The van der Waals surface area contributed by atoms with E-state index in [-0.39, 0.29) is 42.7 Å². The first-order chi connectivity index (χ1) is 8.04. The Morgan fingerprint density at radius 1 is 1.53 bits per heavy atom. The molecule has 1 amide bonds. The molecule has 0 aromatic carbocycles. The lowest BCUT2D eigenvalue weighted by Crippen LogP contribution is -2.31. The number of carbonyl (C=O) groups is 3. The van der Waals surface area contributed by atoms with Crippen molar-refractivity contribution in [1.29, 1.82) is 0 Å². The van der Waals surface area contributed by atoms with Crippen LogP contribution in [0.15, 0.2) is 0 Å². The van der Waals surface area contributed by atoms with Crippen LogP contribution >= 0.6 is 0 Å². The summed E-state index contributed by atoms with van der Waals surface area (Å²) < 4.78 is 9.54. The molecule has 0 bridgehead atoms. The van der Waals surface area contributed by atoms with Crippen molar-refractivity contribution in [2.24, 2.45) is 11.8 Å². The number of carbonyl (C=O) groups excluding carboxylic acids is 3. The molecule has 3 atom stereocenters. The minimum absolute atomic E-state index is 0.00102. The van der Waals surface area contributed by atoms with Crippen LogP contribution in [0.25, 0.3) is 0 Å². The molecule has 6 nitrogen and oxygen atoms in total. The maximum absolute atomic E-state index is 11.5. The third kappa shape index (κ3) is 1.99. The lowest BCUT2D eigenvalue weighted by Gasteiger charge is -2.18. The monoisotopic (exact) mass is 241 g/mol. The number of amides is 1. The Morgan fingerprint density at radius 2 is 2.24 bits per heavy atom. The SMILES string of the molecule is COC(=O)C[C@@H]1[C@@H](C(C)=O)CN2C(=O)OC[C@H]12. The molecule has 2 aliphatic rings. The minimum atomic E-state index is -0.395. The van der Waals surface area contributed by atoms with E-state index in [9.17, 15) is 14.4 Å². The molecule has 0 unspecified atom stereocenters. The Morgan fingerprint density at radius 3 is 2.82 bits per heavy atom. The third-order valence-electron chi connectivity index (χ3n) is 3.57. The van der Waals surface area contributed by atoms with Crippen LogP contribution in [0.1, 0.15) is 13.3 Å². The summed E-state index contributed by atoms with van der Waals surface area (Å²) in [5, 5.41) is 0. The second-order valence-corrected chi connectivity index (χ2v) is 4.46. The topological polar surface area (TPSA) is 72.9 Å². The highest BCUT2D eigenvalue weighted by atomic mass is 16.6. The molecule has 2 saturated heterocycles. The maximum atomic E-state index is 11.5. The number of ketones is 1. The van der Waals surface area contributed by atoms with E-state index in [1.54, 1.807) is 4.90 Å². The molecule has 2 aliphatic heterocycles. The number of fused-ring (bicyclic) bond motifs is 1. The summed E-state index contributed by atoms with van der Waals surface area (Å²) in [5.74, 6) is -0.832. The van der Waals surface area contributed by atoms with Gasteiger partial charge in [0.25, 0.3) is 0 Å². The van der Waals surface area contributed by atoms with Gasteiger partial charge in [0, 0.05) is 18.4 Å². The number of nitrogens with zero attached hydrogens (tertiary/aromatic N) is 1. The Bertz CT molecular complexity index is 367. The van der Waals surface area contributed by atoms with Gasteiger partial charge in [0.05, 0.1) is 19.6 Å². The number of esters is 1. The number of methoxy groups -OCH3 is 1. The van der Waals surface area contributed by atoms with Gasteiger partial charge in [-0.25, -0.2) is 4.79 Å². The Kier molecular flexibility index (Phi) is 3.04. The van der Waals surface area contributed by atoms with E-state index in [4.69, 9.17) is 4.74 Å². The largest absolute Gasteiger partial charge is 0.469 e. The van der Waals surface area contributed by atoms with Crippen LogP contribution in [0, 0.1) is 11.8 Å². The summed E-state index contributed by atoms with van der Waals surface area (Å²) in [4.78, 5) is 35.8. The average Bonchev–Trinajstić information content (AvgIpc) is 2.81. The van der Waals surface area contributed by atoms with Gasteiger partial charge in [0.1, 0.15) is 12.4 Å². The highest BCUT2D eigenvalue weighted by molar-refractivity contribution is 5.82. The number of hydrogen-bond acceptors (Lipinski definition) is 5. The molecule has 2 fully saturated rings. The maximum Gasteiger partial charge on any atom is 0.410 e. The van der Waals surface area contributed by atoms with E-state index in [1.807, 2.05) is 0 Å². The fourth-order valence-electron chi connectivity index (χ4n) is 2.63. The smallest absolute Gasteiger partial charge is 0.410 e. The molecule has 0 spiro atoms. The zero-order chi connectivity index (χ0) is 12.6. The van der Waals surface area contributed by atoms with E-state index >= 15 is 0 Å². The lowest BCUT2D eigenvalue weighted by atomic mass is 9.85. The van der Waals surface area contributed by atoms with Crippen LogP contribution in [-0.4, -0.2) is 49.0 Å². The van der Waals surface area contributed by atoms with E-state index < -0.39 is 6.09 Å². The number of rotatable bonds is 3. The summed E-state index contributed by atoms with van der Waals surface area (Å²) in [5.41, 5.74) is 0. The highest BCUT2D eigenvalue weighted by Crippen LogP contribution is 2.36. The van der Waals surface area contributed by atoms with Crippen molar-refractivity contribution >= 4 is 17.8 Å². The van der Waals surface area contributed by atoms with Crippen LogP contribution in [0.3, 0.4) is 0 Å². The van der Waals surface area contributed by atoms with Crippen LogP contribution in [0.2, 0.25) is 0 Å². The molecule has 0 aromatic heterocycles. The van der Waals surface area contributed by atoms with Gasteiger partial charge in [0.15, 0.2) is 0 Å². The van der Waals surface area contributed by atoms with E-state index in [1.165, 1.54) is 14.0 Å². The van der Waals surface area contributed by atoms with Gasteiger partial charge >= 0.3 is 12.1 Å². The Balaban J connectivity index is 2.16. The third-order valence-corrected chi connectivity index (χ3v) is 3.57. The fraction of sp³-hybridized carbons (Fsp3) is 0.727. The van der Waals surface area contributed by atoms with Crippen LogP contribution in [0.4, 0.5) is 4.79 Å². The predicted octanol–water partition coefficient (Wildman–Crippen LogP) is 0.205. The average molecular weight is 241 g/mol. The van der Waals surface area contributed by atoms with Crippen LogP contribution in [-0.2, 0) is 19.1 Å². The summed E-state index contributed by atoms with van der Waals surface area (Å²) >= 11 is 0. The van der Waals surface area contributed by atoms with Gasteiger partial charge < -0.3 is 14.4 Å². The van der Waals surface area contributed by atoms with Crippen LogP contribution < -0.4 is 0 Å². The standard InChI is InChI=1S/C11H15NO5/c1-6(13)8-4-12-9(5-17-11(12)15)7(8)3-10(14)16-2/h7-9H,3-5H2,1-2H3/t7-,8-,9-/m1/s1. The zero-order valence-electron chi connectivity index (χ0n) is 9.84. The zero-order valence-corrected chi connectivity index (χ0v) is 9.84. The van der Waals surface area contributed by atoms with Crippen molar-refractivity contribution in [3.8, 4) is 0 Å². The van der Waals surface area contributed by atoms with E-state index in [0.717, 1.165) is 0 Å². The quantitative estimate of drug-likeness (QED) is 0.660. The molecule has 94 valence electrons. The van der Waals surface area contributed by atoms with Crippen LogP contribution in [0.5, 0.6) is 0 Å². The van der Waals surface area contributed by atoms with E-state index in [2.05, 4.69) is 4.74 Å². The van der Waals surface area contributed by atoms with Crippen molar-refractivity contribution in [2.75, 3.05) is 20.3 Å². The molecule has 17 heavy (non-hydrogen) atoms. The van der Waals surface area contributed by atoms with Crippen molar-refractivity contribution in [3.63, 3.8) is 0 Å². The summed E-state index contributed by atoms with van der Waals surface area (Å²) in [7, 11) is 1.31. The van der Waals surface area contributed by atoms with Crippen molar-refractivity contribution in [3.05, 3.63) is 0 Å². The van der Waals surface area contributed by atoms with E-state index in [0.29, 0.717) is 6.54 Å². The molecule has 2 rings (SSSR count). The lowest BCUT2D eigenvalue weighted by molar-refractivity contribution is -0.142. The van der Waals surface area contributed by atoms with Gasteiger partial charge in [-0.2, -0.15) is 0 Å². The Hall–Kier alpha value is -1.59. The predicted molar refractivity (Wildman–Crippen MR) is 56.1 cm³/mol. The van der Waals surface area contributed by atoms with Crippen molar-refractivity contribution in [1.82, 2.24) is 4.90 Å². The molecule has 0 saturated carbocycles. The van der Waals surface area contributed by atoms with Gasteiger partial charge in [0.2, 0.25) is 0 Å². The number of hydrogen-bond donors (Lipinski definition) is 0. The molecule has 0 N–H and O–H groups in total. The van der Waals surface area contributed by atoms with Gasteiger partial charge in [-0.15, -0.1) is 0 Å². The normalized spacial score (nSPS) is 31.1. The number of ether oxygens (including phenoxy) is 2. The molecule has 6 heteroatoms. The molecular weight excluding hydrogens is 226 g/mol. The number of Topliss-reactive ketones (excluding diaryl/α,β-unsaturated/α-hetero) is 1. The van der Waals surface area contributed by atoms with Crippen molar-refractivity contribution < 1.29 is 23.9 Å². The minimum Gasteiger partial charge on any atom is -0.469 e. The van der Waals surface area contributed by atoms with Gasteiger partial charge in [-0.3, -0.25) is 9.59 Å². The van der Waals surface area contributed by atoms with Crippen molar-refractivity contribution in [2.45, 2.75) is 19.4 Å². The van der Waals surface area contributed by atoms with Gasteiger partial charge in [-0.05, 0) is 6.92 Å². The Labute approximate surface area is 98.8 Å². The first-order valence-corrected chi connectivity index (χ1v) is 5.55. The first-order valence-electron chi connectivity index (χ1n) is 5.55. The molecular formula is C11H15NO5. The summed E-state index contributed by atoms with van der Waals surface area (Å²) in [6, 6.07) is -0.171. The fourth-order valence-corrected chi connectivity index (χ4v) is 2.63. The number of cyclic esters (lactones) is 1. The molecule has 0 aliphatic carbocycles.